The summed E-state index contributed by atoms with van der Waals surface area (Å²) >= 11 is 0. The van der Waals surface area contributed by atoms with Gasteiger partial charge in [0.05, 0.1) is 6.04 Å². The van der Waals surface area contributed by atoms with E-state index in [9.17, 15) is 4.79 Å². The van der Waals surface area contributed by atoms with Crippen molar-refractivity contribution in [1.82, 2.24) is 10.6 Å². The molecular formula is C9H19N3O. The van der Waals surface area contributed by atoms with Crippen molar-refractivity contribution in [2.24, 2.45) is 5.73 Å². The molecule has 1 rings (SSSR count). The maximum atomic E-state index is 11.3. The van der Waals surface area contributed by atoms with Gasteiger partial charge in [0, 0.05) is 12.1 Å². The van der Waals surface area contributed by atoms with Crippen LogP contribution in [0.3, 0.4) is 0 Å². The average molecular weight is 185 g/mol. The molecule has 3 atom stereocenters. The van der Waals surface area contributed by atoms with Gasteiger partial charge in [-0.05, 0) is 33.2 Å². The molecule has 1 saturated heterocycles. The third-order valence-electron chi connectivity index (χ3n) is 2.38. The molecule has 0 spiro atoms. The lowest BCUT2D eigenvalue weighted by Crippen LogP contribution is -2.50. The predicted molar refractivity (Wildman–Crippen MR) is 52.3 cm³/mol. The Hall–Kier alpha value is -0.610. The molecule has 0 aromatic rings. The topological polar surface area (TPSA) is 67.2 Å². The van der Waals surface area contributed by atoms with E-state index in [-0.39, 0.29) is 5.91 Å². The lowest BCUT2D eigenvalue weighted by atomic mass is 10.0. The molecular weight excluding hydrogens is 166 g/mol. The number of amides is 1. The van der Waals surface area contributed by atoms with E-state index in [4.69, 9.17) is 5.73 Å². The van der Waals surface area contributed by atoms with Gasteiger partial charge in [-0.15, -0.1) is 0 Å². The summed E-state index contributed by atoms with van der Waals surface area (Å²) in [4.78, 5) is 11.3. The van der Waals surface area contributed by atoms with Crippen LogP contribution in [0.25, 0.3) is 0 Å². The second-order valence-electron chi connectivity index (χ2n) is 3.87. The van der Waals surface area contributed by atoms with Crippen LogP contribution in [0.1, 0.15) is 26.7 Å². The van der Waals surface area contributed by atoms with E-state index in [1.165, 1.54) is 0 Å². The van der Waals surface area contributed by atoms with Gasteiger partial charge in [-0.3, -0.25) is 4.79 Å². The molecule has 1 aliphatic heterocycles. The van der Waals surface area contributed by atoms with Gasteiger partial charge in [0.1, 0.15) is 0 Å². The van der Waals surface area contributed by atoms with Crippen LogP contribution in [-0.4, -0.2) is 30.6 Å². The molecule has 0 bridgehead atoms. The highest BCUT2D eigenvalue weighted by atomic mass is 16.2. The zero-order valence-electron chi connectivity index (χ0n) is 8.34. The van der Waals surface area contributed by atoms with Crippen molar-refractivity contribution < 1.29 is 4.79 Å². The maximum Gasteiger partial charge on any atom is 0.236 e. The van der Waals surface area contributed by atoms with Gasteiger partial charge in [-0.2, -0.15) is 0 Å². The van der Waals surface area contributed by atoms with Crippen molar-refractivity contribution in [2.75, 3.05) is 6.54 Å². The van der Waals surface area contributed by atoms with Crippen LogP contribution in [0.15, 0.2) is 0 Å². The van der Waals surface area contributed by atoms with Crippen LogP contribution in [0.4, 0.5) is 0 Å². The number of carbonyl (C=O) groups is 1. The Morgan fingerprint density at radius 2 is 2.38 bits per heavy atom. The molecule has 4 nitrogen and oxygen atoms in total. The second kappa shape index (κ2) is 4.58. The van der Waals surface area contributed by atoms with E-state index in [1.807, 2.05) is 0 Å². The summed E-state index contributed by atoms with van der Waals surface area (Å²) in [7, 11) is 0. The number of hydrogen-bond donors (Lipinski definition) is 3. The molecule has 2 unspecified atom stereocenters. The van der Waals surface area contributed by atoms with E-state index in [2.05, 4.69) is 17.6 Å². The van der Waals surface area contributed by atoms with E-state index < -0.39 is 6.04 Å². The lowest BCUT2D eigenvalue weighted by Gasteiger charge is -2.29. The van der Waals surface area contributed by atoms with Gasteiger partial charge in [-0.1, -0.05) is 0 Å². The molecule has 0 aromatic carbocycles. The van der Waals surface area contributed by atoms with Gasteiger partial charge < -0.3 is 16.4 Å². The van der Waals surface area contributed by atoms with Gasteiger partial charge in [0.15, 0.2) is 0 Å². The van der Waals surface area contributed by atoms with Crippen LogP contribution in [0, 0.1) is 0 Å². The number of piperidine rings is 1. The SMILES string of the molecule is CC1CC(NC(=O)[C@@H](C)N)CCN1. The van der Waals surface area contributed by atoms with Crippen molar-refractivity contribution in [2.45, 2.75) is 44.8 Å². The van der Waals surface area contributed by atoms with Gasteiger partial charge in [0.2, 0.25) is 5.91 Å². The fourth-order valence-electron chi connectivity index (χ4n) is 1.60. The highest BCUT2D eigenvalue weighted by Gasteiger charge is 2.20. The average Bonchev–Trinajstić information content (AvgIpc) is 2.04. The number of carbonyl (C=O) groups excluding carboxylic acids is 1. The first-order valence-electron chi connectivity index (χ1n) is 4.89. The summed E-state index contributed by atoms with van der Waals surface area (Å²) < 4.78 is 0. The molecule has 0 aliphatic carbocycles. The predicted octanol–water partition coefficient (Wildman–Crippen LogP) is -0.410. The third-order valence-corrected chi connectivity index (χ3v) is 2.38. The number of nitrogens with one attached hydrogen (secondary N) is 2. The highest BCUT2D eigenvalue weighted by molar-refractivity contribution is 5.81. The van der Waals surface area contributed by atoms with Gasteiger partial charge >= 0.3 is 0 Å². The normalized spacial score (nSPS) is 31.0. The first kappa shape index (κ1) is 10.5. The molecule has 1 amide bonds. The standard InChI is InChI=1S/C9H19N3O/c1-6-5-8(3-4-11-6)12-9(13)7(2)10/h6-8,11H,3-5,10H2,1-2H3,(H,12,13)/t6?,7-,8?/m1/s1. The molecule has 4 heteroatoms. The molecule has 13 heavy (non-hydrogen) atoms. The minimum absolute atomic E-state index is 0.0425. The summed E-state index contributed by atoms with van der Waals surface area (Å²) in [6.45, 7) is 4.81. The van der Waals surface area contributed by atoms with Crippen molar-refractivity contribution >= 4 is 5.91 Å². The number of hydrogen-bond acceptors (Lipinski definition) is 3. The summed E-state index contributed by atoms with van der Waals surface area (Å²) in [5.74, 6) is -0.0425. The van der Waals surface area contributed by atoms with Crippen LogP contribution in [-0.2, 0) is 4.79 Å². The molecule has 1 heterocycles. The molecule has 1 aliphatic rings. The largest absolute Gasteiger partial charge is 0.352 e. The van der Waals surface area contributed by atoms with E-state index >= 15 is 0 Å². The summed E-state index contributed by atoms with van der Waals surface area (Å²) in [5, 5.41) is 6.28. The van der Waals surface area contributed by atoms with Crippen molar-refractivity contribution in [3.8, 4) is 0 Å². The first-order chi connectivity index (χ1) is 6.09. The lowest BCUT2D eigenvalue weighted by molar-refractivity contribution is -0.122. The smallest absolute Gasteiger partial charge is 0.236 e. The van der Waals surface area contributed by atoms with Crippen LogP contribution >= 0.6 is 0 Å². The fraction of sp³-hybridized carbons (Fsp3) is 0.889. The Bertz CT molecular complexity index is 182. The van der Waals surface area contributed by atoms with E-state index in [1.54, 1.807) is 6.92 Å². The van der Waals surface area contributed by atoms with Crippen molar-refractivity contribution in [3.05, 3.63) is 0 Å². The van der Waals surface area contributed by atoms with Gasteiger partial charge in [-0.25, -0.2) is 0 Å². The molecule has 76 valence electrons. The first-order valence-corrected chi connectivity index (χ1v) is 4.89. The quantitative estimate of drug-likeness (QED) is 0.548. The minimum atomic E-state index is -0.398. The molecule has 0 saturated carbocycles. The molecule has 1 fully saturated rings. The van der Waals surface area contributed by atoms with E-state index in [0.29, 0.717) is 12.1 Å². The van der Waals surface area contributed by atoms with Gasteiger partial charge in [0.25, 0.3) is 0 Å². The zero-order valence-corrected chi connectivity index (χ0v) is 8.34. The summed E-state index contributed by atoms with van der Waals surface area (Å²) in [6.07, 6.45) is 2.00. The molecule has 0 radical (unpaired) electrons. The van der Waals surface area contributed by atoms with E-state index in [0.717, 1.165) is 19.4 Å². The minimum Gasteiger partial charge on any atom is -0.352 e. The highest BCUT2D eigenvalue weighted by Crippen LogP contribution is 2.07. The maximum absolute atomic E-state index is 11.3. The number of rotatable bonds is 2. The molecule has 4 N–H and O–H groups in total. The Morgan fingerprint density at radius 1 is 1.69 bits per heavy atom. The fourth-order valence-corrected chi connectivity index (χ4v) is 1.60. The Balaban J connectivity index is 2.31. The molecule has 0 aromatic heterocycles. The Labute approximate surface area is 79.3 Å². The zero-order chi connectivity index (χ0) is 9.84. The summed E-state index contributed by atoms with van der Waals surface area (Å²) in [5.41, 5.74) is 5.46. The second-order valence-corrected chi connectivity index (χ2v) is 3.87. The third kappa shape index (κ3) is 3.32. The van der Waals surface area contributed by atoms with Crippen molar-refractivity contribution in [1.29, 1.82) is 0 Å². The van der Waals surface area contributed by atoms with Crippen LogP contribution in [0.5, 0.6) is 0 Å². The summed E-state index contributed by atoms with van der Waals surface area (Å²) in [6, 6.07) is 0.395. The Kier molecular flexibility index (Phi) is 3.69. The van der Waals surface area contributed by atoms with Crippen molar-refractivity contribution in [3.63, 3.8) is 0 Å². The number of nitrogens with two attached hydrogens (primary N) is 1. The van der Waals surface area contributed by atoms with Crippen LogP contribution < -0.4 is 16.4 Å². The monoisotopic (exact) mass is 185 g/mol. The Morgan fingerprint density at radius 3 is 2.92 bits per heavy atom. The van der Waals surface area contributed by atoms with Crippen LogP contribution in [0.2, 0.25) is 0 Å².